The number of aromatic nitrogens is 2. The zero-order valence-electron chi connectivity index (χ0n) is 15.3. The van der Waals surface area contributed by atoms with Crippen molar-refractivity contribution in [2.45, 2.75) is 26.3 Å². The zero-order chi connectivity index (χ0) is 22.0. The number of halogens is 4. The molecular weight excluding hydrogens is 412 g/mol. The summed E-state index contributed by atoms with van der Waals surface area (Å²) in [6.45, 7) is 1.24. The van der Waals surface area contributed by atoms with Gasteiger partial charge in [0.15, 0.2) is 5.76 Å². The van der Waals surface area contributed by atoms with Crippen LogP contribution in [0.1, 0.15) is 46.1 Å². The van der Waals surface area contributed by atoms with Crippen LogP contribution < -0.4 is 5.32 Å². The summed E-state index contributed by atoms with van der Waals surface area (Å²) in [4.78, 5) is 22.8. The Balaban J connectivity index is 1.79. The number of alkyl halides is 4. The van der Waals surface area contributed by atoms with E-state index in [-0.39, 0.29) is 22.9 Å². The molecule has 0 atom stereocenters. The van der Waals surface area contributed by atoms with Crippen molar-refractivity contribution in [2.75, 3.05) is 5.32 Å². The summed E-state index contributed by atoms with van der Waals surface area (Å²) in [5, 5.41) is 16.9. The van der Waals surface area contributed by atoms with E-state index in [1.807, 2.05) is 0 Å². The highest BCUT2D eigenvalue weighted by molar-refractivity contribution is 6.03. The fourth-order valence-electron chi connectivity index (χ4n) is 2.68. The number of nitrogens with one attached hydrogen (secondary N) is 1. The summed E-state index contributed by atoms with van der Waals surface area (Å²) >= 11 is 0. The van der Waals surface area contributed by atoms with Crippen LogP contribution in [0.3, 0.4) is 0 Å². The van der Waals surface area contributed by atoms with Gasteiger partial charge < -0.3 is 9.73 Å². The third kappa shape index (κ3) is 4.47. The summed E-state index contributed by atoms with van der Waals surface area (Å²) in [7, 11) is 0. The molecule has 30 heavy (non-hydrogen) atoms. The molecule has 1 aromatic carbocycles. The predicted octanol–water partition coefficient (Wildman–Crippen LogP) is 4.87. The van der Waals surface area contributed by atoms with Gasteiger partial charge in [-0.05, 0) is 36.8 Å². The molecule has 1 N–H and O–H groups in total. The maximum Gasteiger partial charge on any atom is 0.293 e. The molecule has 158 valence electrons. The largest absolute Gasteiger partial charge is 0.454 e. The van der Waals surface area contributed by atoms with Crippen molar-refractivity contribution in [2.24, 2.45) is 0 Å². The summed E-state index contributed by atoms with van der Waals surface area (Å²) in [5.41, 5.74) is -1.27. The van der Waals surface area contributed by atoms with Gasteiger partial charge in [0.05, 0.1) is 11.5 Å². The lowest BCUT2D eigenvalue weighted by molar-refractivity contribution is -0.384. The van der Waals surface area contributed by atoms with E-state index >= 15 is 0 Å². The molecule has 0 bridgehead atoms. The van der Waals surface area contributed by atoms with Crippen LogP contribution in [0.15, 0.2) is 40.8 Å². The van der Waals surface area contributed by atoms with E-state index < -0.39 is 41.6 Å². The molecule has 0 unspecified atom stereocenters. The summed E-state index contributed by atoms with van der Waals surface area (Å²) in [6, 6.07) is 7.33. The van der Waals surface area contributed by atoms with Crippen molar-refractivity contribution in [3.63, 3.8) is 0 Å². The Hall–Kier alpha value is -3.70. The van der Waals surface area contributed by atoms with E-state index in [0.29, 0.717) is 16.3 Å². The number of benzene rings is 1. The summed E-state index contributed by atoms with van der Waals surface area (Å²) < 4.78 is 57.6. The second-order valence-electron chi connectivity index (χ2n) is 6.25. The van der Waals surface area contributed by atoms with Crippen LogP contribution in [-0.2, 0) is 6.54 Å². The number of aryl methyl sites for hydroxylation is 1. The highest BCUT2D eigenvalue weighted by Gasteiger charge is 2.23. The average Bonchev–Trinajstić information content (AvgIpc) is 3.30. The molecular formula is C18H14F4N4O4. The fourth-order valence-corrected chi connectivity index (χ4v) is 2.68. The van der Waals surface area contributed by atoms with Gasteiger partial charge in [-0.25, -0.2) is 17.6 Å². The molecule has 0 fully saturated rings. The highest BCUT2D eigenvalue weighted by Crippen LogP contribution is 2.27. The molecule has 8 nitrogen and oxygen atoms in total. The minimum absolute atomic E-state index is 0.00405. The second kappa shape index (κ2) is 8.35. The van der Waals surface area contributed by atoms with Crippen molar-refractivity contribution in [3.05, 3.63) is 75.0 Å². The molecule has 12 heteroatoms. The van der Waals surface area contributed by atoms with Crippen molar-refractivity contribution in [1.29, 1.82) is 0 Å². The molecule has 1 amide bonds. The minimum atomic E-state index is -3.04. The predicted molar refractivity (Wildman–Crippen MR) is 95.7 cm³/mol. The van der Waals surface area contributed by atoms with Gasteiger partial charge in [-0.15, -0.1) is 0 Å². The van der Waals surface area contributed by atoms with Crippen LogP contribution in [-0.4, -0.2) is 20.6 Å². The van der Waals surface area contributed by atoms with Gasteiger partial charge >= 0.3 is 0 Å². The van der Waals surface area contributed by atoms with Crippen LogP contribution >= 0.6 is 0 Å². The Morgan fingerprint density at radius 2 is 1.93 bits per heavy atom. The zero-order valence-corrected chi connectivity index (χ0v) is 15.3. The Labute approximate surface area is 166 Å². The Bertz CT molecular complexity index is 1090. The molecule has 0 spiro atoms. The second-order valence-corrected chi connectivity index (χ2v) is 6.25. The number of rotatable bonds is 7. The number of anilines is 1. The van der Waals surface area contributed by atoms with Gasteiger partial charge in [-0.3, -0.25) is 19.6 Å². The van der Waals surface area contributed by atoms with Crippen LogP contribution in [0, 0.1) is 17.0 Å². The first-order valence-corrected chi connectivity index (χ1v) is 8.44. The third-order valence-corrected chi connectivity index (χ3v) is 4.07. The van der Waals surface area contributed by atoms with E-state index in [2.05, 4.69) is 10.4 Å². The first-order chi connectivity index (χ1) is 14.2. The van der Waals surface area contributed by atoms with Gasteiger partial charge in [0.2, 0.25) is 0 Å². The third-order valence-electron chi connectivity index (χ3n) is 4.07. The van der Waals surface area contributed by atoms with Crippen molar-refractivity contribution < 1.29 is 31.7 Å². The highest BCUT2D eigenvalue weighted by atomic mass is 19.3. The van der Waals surface area contributed by atoms with Crippen molar-refractivity contribution in [1.82, 2.24) is 9.78 Å². The lowest BCUT2D eigenvalue weighted by atomic mass is 10.2. The first kappa shape index (κ1) is 21.0. The number of nitro benzene ring substituents is 1. The topological polar surface area (TPSA) is 103 Å². The fraction of sp³-hybridized carbons (Fsp3) is 0.222. The molecule has 0 aliphatic heterocycles. The molecule has 3 rings (SSSR count). The monoisotopic (exact) mass is 426 g/mol. The summed E-state index contributed by atoms with van der Waals surface area (Å²) in [5.74, 6) is -1.06. The van der Waals surface area contributed by atoms with Crippen molar-refractivity contribution >= 4 is 17.3 Å². The SMILES string of the molecule is Cc1ccc(NC(=O)c2ccc(Cn3nc(C(F)F)cc3C(F)F)o2)c([N+](=O)[O-])c1. The smallest absolute Gasteiger partial charge is 0.293 e. The molecule has 2 heterocycles. The van der Waals surface area contributed by atoms with E-state index in [1.54, 1.807) is 13.0 Å². The van der Waals surface area contributed by atoms with E-state index in [0.717, 1.165) is 0 Å². The molecule has 0 saturated heterocycles. The van der Waals surface area contributed by atoms with E-state index in [1.165, 1.54) is 24.3 Å². The number of nitrogens with zero attached hydrogens (tertiary/aromatic N) is 3. The molecule has 0 saturated carbocycles. The number of hydrogen-bond donors (Lipinski definition) is 1. The lowest BCUT2D eigenvalue weighted by Crippen LogP contribution is -2.12. The Morgan fingerprint density at radius 1 is 1.20 bits per heavy atom. The van der Waals surface area contributed by atoms with Gasteiger partial charge in [-0.2, -0.15) is 5.10 Å². The number of hydrogen-bond acceptors (Lipinski definition) is 5. The molecule has 2 aromatic heterocycles. The van der Waals surface area contributed by atoms with Crippen LogP contribution in [0.2, 0.25) is 0 Å². The van der Waals surface area contributed by atoms with Gasteiger partial charge in [-0.1, -0.05) is 6.07 Å². The number of carbonyl (C=O) groups excluding carboxylic acids is 1. The molecule has 3 aromatic rings. The number of nitro groups is 1. The van der Waals surface area contributed by atoms with Crippen LogP contribution in [0.25, 0.3) is 0 Å². The lowest BCUT2D eigenvalue weighted by Gasteiger charge is -2.06. The van der Waals surface area contributed by atoms with Crippen LogP contribution in [0.4, 0.5) is 28.9 Å². The number of carbonyl (C=O) groups is 1. The first-order valence-electron chi connectivity index (χ1n) is 8.44. The molecule has 0 aliphatic rings. The summed E-state index contributed by atoms with van der Waals surface area (Å²) in [6.07, 6.45) is -6.06. The average molecular weight is 426 g/mol. The van der Waals surface area contributed by atoms with Crippen molar-refractivity contribution in [3.8, 4) is 0 Å². The molecule has 0 radical (unpaired) electrons. The van der Waals surface area contributed by atoms with E-state index in [4.69, 9.17) is 4.42 Å². The minimum Gasteiger partial charge on any atom is -0.454 e. The Kier molecular flexibility index (Phi) is 5.85. The molecule has 0 aliphatic carbocycles. The van der Waals surface area contributed by atoms with Gasteiger partial charge in [0.1, 0.15) is 22.8 Å². The Morgan fingerprint density at radius 3 is 2.57 bits per heavy atom. The van der Waals surface area contributed by atoms with Gasteiger partial charge in [0.25, 0.3) is 24.4 Å². The number of amides is 1. The van der Waals surface area contributed by atoms with Crippen LogP contribution in [0.5, 0.6) is 0 Å². The van der Waals surface area contributed by atoms with E-state index in [9.17, 15) is 32.5 Å². The standard InChI is InChI=1S/C18H14F4N4O4/c1-9-2-4-11(13(6-9)26(28)29)23-18(27)15-5-3-10(30-15)8-25-14(17(21)22)7-12(24-25)16(19)20/h2-7,16-17H,8H2,1H3,(H,23,27). The normalized spacial score (nSPS) is 11.3. The maximum atomic E-state index is 13.1. The quantitative estimate of drug-likeness (QED) is 0.330. The van der Waals surface area contributed by atoms with Gasteiger partial charge in [0, 0.05) is 6.07 Å². The number of furan rings is 1. The maximum absolute atomic E-state index is 13.1.